The molecule has 0 aliphatic rings. The summed E-state index contributed by atoms with van der Waals surface area (Å²) in [5.41, 5.74) is 2.85. The number of hydrogen-bond acceptors (Lipinski definition) is 3. The number of anilines is 1. The van der Waals surface area contributed by atoms with E-state index in [2.05, 4.69) is 26.3 Å². The highest BCUT2D eigenvalue weighted by Crippen LogP contribution is 2.28. The third kappa shape index (κ3) is 3.04. The van der Waals surface area contributed by atoms with Gasteiger partial charge in [0.2, 0.25) is 5.88 Å². The first-order valence-corrected chi connectivity index (χ1v) is 6.95. The summed E-state index contributed by atoms with van der Waals surface area (Å²) in [7, 11) is 3.51. The molecule has 1 heterocycles. The molecule has 2 aromatic rings. The second-order valence-electron chi connectivity index (χ2n) is 4.17. The first kappa shape index (κ1) is 14.2. The number of ether oxygens (including phenoxy) is 1. The zero-order valence-corrected chi connectivity index (χ0v) is 13.3. The number of methoxy groups -OCH3 is 1. The molecule has 0 saturated heterocycles. The maximum Gasteiger partial charge on any atom is 0.216 e. The van der Waals surface area contributed by atoms with Crippen molar-refractivity contribution in [3.63, 3.8) is 0 Å². The van der Waals surface area contributed by atoms with Crippen molar-refractivity contribution in [3.05, 3.63) is 39.0 Å². The van der Waals surface area contributed by atoms with Gasteiger partial charge in [0.15, 0.2) is 0 Å². The van der Waals surface area contributed by atoms with Gasteiger partial charge in [-0.15, -0.1) is 0 Å². The van der Waals surface area contributed by atoms with Crippen LogP contribution in [0.5, 0.6) is 5.88 Å². The van der Waals surface area contributed by atoms with E-state index in [0.29, 0.717) is 11.6 Å². The molecule has 6 heteroatoms. The van der Waals surface area contributed by atoms with Gasteiger partial charge in [0.05, 0.1) is 29.1 Å². The molecule has 0 spiro atoms. The van der Waals surface area contributed by atoms with Crippen molar-refractivity contribution in [2.75, 3.05) is 12.4 Å². The van der Waals surface area contributed by atoms with Gasteiger partial charge < -0.3 is 10.1 Å². The Morgan fingerprint density at radius 1 is 1.47 bits per heavy atom. The monoisotopic (exact) mass is 343 g/mol. The summed E-state index contributed by atoms with van der Waals surface area (Å²) in [5.74, 6) is 0.760. The lowest BCUT2D eigenvalue weighted by Crippen LogP contribution is -2.03. The minimum atomic E-state index is 0.610. The molecule has 0 aliphatic carbocycles. The molecule has 1 aromatic carbocycles. The van der Waals surface area contributed by atoms with Crippen LogP contribution >= 0.6 is 27.5 Å². The molecular weight excluding hydrogens is 330 g/mol. The average molecular weight is 345 g/mol. The molecule has 19 heavy (non-hydrogen) atoms. The molecule has 1 aromatic heterocycles. The first-order valence-electron chi connectivity index (χ1n) is 5.78. The lowest BCUT2D eigenvalue weighted by molar-refractivity contribution is 0.370. The SMILES string of the molecule is COc1c(CNc2cc(Br)ccc2Cl)c(C)nn1C. The standard InChI is InChI=1S/C13H15BrClN3O/c1-8-10(13(19-3)18(2)17-8)7-16-12-6-9(14)4-5-11(12)15/h4-6,16H,7H2,1-3H3. The zero-order chi connectivity index (χ0) is 14.0. The Morgan fingerprint density at radius 3 is 2.89 bits per heavy atom. The molecule has 0 saturated carbocycles. The normalized spacial score (nSPS) is 10.6. The van der Waals surface area contributed by atoms with Crippen LogP contribution in [-0.4, -0.2) is 16.9 Å². The van der Waals surface area contributed by atoms with E-state index < -0.39 is 0 Å². The van der Waals surface area contributed by atoms with Gasteiger partial charge in [-0.05, 0) is 25.1 Å². The average Bonchev–Trinajstić information content (AvgIpc) is 2.64. The lowest BCUT2D eigenvalue weighted by atomic mass is 10.2. The summed E-state index contributed by atoms with van der Waals surface area (Å²) in [5, 5.41) is 8.33. The molecule has 1 N–H and O–H groups in total. The number of halogens is 2. The Morgan fingerprint density at radius 2 is 2.21 bits per heavy atom. The quantitative estimate of drug-likeness (QED) is 0.918. The van der Waals surface area contributed by atoms with Gasteiger partial charge in [0.25, 0.3) is 0 Å². The van der Waals surface area contributed by atoms with E-state index in [4.69, 9.17) is 16.3 Å². The summed E-state index contributed by atoms with van der Waals surface area (Å²) in [4.78, 5) is 0. The minimum absolute atomic E-state index is 0.610. The fraction of sp³-hybridized carbons (Fsp3) is 0.308. The maximum absolute atomic E-state index is 6.15. The van der Waals surface area contributed by atoms with Crippen LogP contribution in [0.1, 0.15) is 11.3 Å². The van der Waals surface area contributed by atoms with Crippen molar-refractivity contribution in [2.24, 2.45) is 7.05 Å². The molecule has 0 bridgehead atoms. The molecule has 0 unspecified atom stereocenters. The maximum atomic E-state index is 6.15. The van der Waals surface area contributed by atoms with Crippen molar-refractivity contribution in [1.82, 2.24) is 9.78 Å². The van der Waals surface area contributed by atoms with Crippen LogP contribution in [0.25, 0.3) is 0 Å². The molecule has 0 radical (unpaired) electrons. The largest absolute Gasteiger partial charge is 0.481 e. The van der Waals surface area contributed by atoms with Crippen LogP contribution in [0.2, 0.25) is 5.02 Å². The summed E-state index contributed by atoms with van der Waals surface area (Å²) < 4.78 is 8.07. The van der Waals surface area contributed by atoms with E-state index >= 15 is 0 Å². The second-order valence-corrected chi connectivity index (χ2v) is 5.50. The molecule has 0 fully saturated rings. The van der Waals surface area contributed by atoms with Gasteiger partial charge >= 0.3 is 0 Å². The van der Waals surface area contributed by atoms with E-state index in [1.54, 1.807) is 11.8 Å². The molecule has 0 atom stereocenters. The van der Waals surface area contributed by atoms with Crippen molar-refractivity contribution < 1.29 is 4.74 Å². The fourth-order valence-electron chi connectivity index (χ4n) is 1.96. The second kappa shape index (κ2) is 5.84. The third-order valence-corrected chi connectivity index (χ3v) is 3.69. The van der Waals surface area contributed by atoms with Gasteiger partial charge in [0, 0.05) is 18.1 Å². The fourth-order valence-corrected chi connectivity index (χ4v) is 2.50. The van der Waals surface area contributed by atoms with Crippen molar-refractivity contribution >= 4 is 33.2 Å². The first-order chi connectivity index (χ1) is 9.02. The minimum Gasteiger partial charge on any atom is -0.481 e. The molecular formula is C13H15BrClN3O. The lowest BCUT2D eigenvalue weighted by Gasteiger charge is -2.10. The van der Waals surface area contributed by atoms with Crippen LogP contribution in [0.4, 0.5) is 5.69 Å². The Bertz CT molecular complexity index is 598. The highest BCUT2D eigenvalue weighted by atomic mass is 79.9. The molecule has 0 amide bonds. The van der Waals surface area contributed by atoms with E-state index in [1.165, 1.54) is 0 Å². The molecule has 2 rings (SSSR count). The Kier molecular flexibility index (Phi) is 4.37. The van der Waals surface area contributed by atoms with Crippen molar-refractivity contribution in [2.45, 2.75) is 13.5 Å². The van der Waals surface area contributed by atoms with E-state index in [0.717, 1.165) is 27.3 Å². The molecule has 0 aliphatic heterocycles. The number of benzene rings is 1. The van der Waals surface area contributed by atoms with Gasteiger partial charge in [-0.1, -0.05) is 27.5 Å². The van der Waals surface area contributed by atoms with E-state index in [9.17, 15) is 0 Å². The van der Waals surface area contributed by atoms with Gasteiger partial charge in [-0.2, -0.15) is 5.10 Å². The Balaban J connectivity index is 2.21. The highest BCUT2D eigenvalue weighted by Gasteiger charge is 2.13. The van der Waals surface area contributed by atoms with Crippen LogP contribution in [0.3, 0.4) is 0 Å². The number of nitrogens with zero attached hydrogens (tertiary/aromatic N) is 2. The Hall–Kier alpha value is -1.20. The van der Waals surface area contributed by atoms with Crippen molar-refractivity contribution in [1.29, 1.82) is 0 Å². The van der Waals surface area contributed by atoms with E-state index in [1.807, 2.05) is 32.2 Å². The van der Waals surface area contributed by atoms with Crippen LogP contribution in [0, 0.1) is 6.92 Å². The predicted molar refractivity (Wildman–Crippen MR) is 81.0 cm³/mol. The van der Waals surface area contributed by atoms with Crippen molar-refractivity contribution in [3.8, 4) is 5.88 Å². The van der Waals surface area contributed by atoms with Crippen LogP contribution in [0.15, 0.2) is 22.7 Å². The number of rotatable bonds is 4. The smallest absolute Gasteiger partial charge is 0.216 e. The van der Waals surface area contributed by atoms with Crippen LogP contribution < -0.4 is 10.1 Å². The topological polar surface area (TPSA) is 39.1 Å². The van der Waals surface area contributed by atoms with Gasteiger partial charge in [0.1, 0.15) is 0 Å². The number of nitrogens with one attached hydrogen (secondary N) is 1. The summed E-state index contributed by atoms with van der Waals surface area (Å²) in [6.45, 7) is 2.57. The Labute approximate surface area is 125 Å². The van der Waals surface area contributed by atoms with E-state index in [-0.39, 0.29) is 0 Å². The van der Waals surface area contributed by atoms with Crippen LogP contribution in [-0.2, 0) is 13.6 Å². The van der Waals surface area contributed by atoms with Gasteiger partial charge in [-0.25, -0.2) is 4.68 Å². The molecule has 4 nitrogen and oxygen atoms in total. The third-order valence-electron chi connectivity index (χ3n) is 2.87. The number of aromatic nitrogens is 2. The molecule has 102 valence electrons. The highest BCUT2D eigenvalue weighted by molar-refractivity contribution is 9.10. The summed E-state index contributed by atoms with van der Waals surface area (Å²) in [6.07, 6.45) is 0. The van der Waals surface area contributed by atoms with Gasteiger partial charge in [-0.3, -0.25) is 0 Å². The summed E-state index contributed by atoms with van der Waals surface area (Å²) in [6, 6.07) is 5.70. The zero-order valence-electron chi connectivity index (χ0n) is 11.0. The number of aryl methyl sites for hydroxylation is 2. The predicted octanol–water partition coefficient (Wildman–Crippen LogP) is 3.77. The summed E-state index contributed by atoms with van der Waals surface area (Å²) >= 11 is 9.58. The number of hydrogen-bond donors (Lipinski definition) is 1.